The number of benzene rings is 1. The van der Waals surface area contributed by atoms with Crippen molar-refractivity contribution in [2.45, 2.75) is 25.9 Å². The Morgan fingerprint density at radius 2 is 2.37 bits per heavy atom. The molecule has 4 nitrogen and oxygen atoms in total. The molecule has 0 spiro atoms. The van der Waals surface area contributed by atoms with Gasteiger partial charge in [0.25, 0.3) is 0 Å². The Kier molecular flexibility index (Phi) is 4.18. The number of likely N-dealkylation sites (N-methyl/N-ethyl adjacent to an activating group) is 1. The Morgan fingerprint density at radius 1 is 1.58 bits per heavy atom. The van der Waals surface area contributed by atoms with Gasteiger partial charge in [-0.3, -0.25) is 4.79 Å². The average Bonchev–Trinajstić information content (AvgIpc) is 2.84. The highest BCUT2D eigenvalue weighted by atomic mass is 16.2. The summed E-state index contributed by atoms with van der Waals surface area (Å²) in [7, 11) is 1.81. The Labute approximate surface area is 114 Å². The van der Waals surface area contributed by atoms with Gasteiger partial charge in [0.05, 0.1) is 17.7 Å². The van der Waals surface area contributed by atoms with Gasteiger partial charge in [0.2, 0.25) is 5.91 Å². The molecule has 0 aromatic heterocycles. The second kappa shape index (κ2) is 5.85. The highest BCUT2D eigenvalue weighted by Crippen LogP contribution is 2.17. The van der Waals surface area contributed by atoms with E-state index in [0.29, 0.717) is 18.0 Å². The lowest BCUT2D eigenvalue weighted by atomic mass is 10.0. The zero-order valence-corrected chi connectivity index (χ0v) is 11.4. The summed E-state index contributed by atoms with van der Waals surface area (Å²) in [6.07, 6.45) is 1.05. The summed E-state index contributed by atoms with van der Waals surface area (Å²) < 4.78 is 0. The summed E-state index contributed by atoms with van der Waals surface area (Å²) in [6.45, 7) is 3.56. The van der Waals surface area contributed by atoms with Crippen molar-refractivity contribution in [2.75, 3.05) is 13.6 Å². The summed E-state index contributed by atoms with van der Waals surface area (Å²) >= 11 is 0. The minimum atomic E-state index is -0.0656. The van der Waals surface area contributed by atoms with Crippen LogP contribution in [0.4, 0.5) is 0 Å². The minimum Gasteiger partial charge on any atom is -0.340 e. The minimum absolute atomic E-state index is 0.0656. The van der Waals surface area contributed by atoms with E-state index in [4.69, 9.17) is 5.26 Å². The van der Waals surface area contributed by atoms with Crippen molar-refractivity contribution in [3.8, 4) is 6.07 Å². The zero-order valence-electron chi connectivity index (χ0n) is 11.4. The van der Waals surface area contributed by atoms with E-state index in [1.165, 1.54) is 0 Å². The van der Waals surface area contributed by atoms with E-state index < -0.39 is 0 Å². The van der Waals surface area contributed by atoms with Crippen molar-refractivity contribution in [2.24, 2.45) is 5.92 Å². The van der Waals surface area contributed by atoms with Crippen LogP contribution in [0.5, 0.6) is 0 Å². The molecular weight excluding hydrogens is 238 g/mol. The standard InChI is InChI=1S/C15H19N3O/c1-11-6-7-17-14(11)15(19)18(2)10-13-5-3-4-12(8-13)9-16/h3-5,8,11,14,17H,6-7,10H2,1-2H3. The Morgan fingerprint density at radius 3 is 3.00 bits per heavy atom. The fourth-order valence-corrected chi connectivity index (χ4v) is 2.49. The molecule has 0 bridgehead atoms. The summed E-state index contributed by atoms with van der Waals surface area (Å²) in [5.41, 5.74) is 1.62. The van der Waals surface area contributed by atoms with Crippen LogP contribution < -0.4 is 5.32 Å². The predicted molar refractivity (Wildman–Crippen MR) is 73.2 cm³/mol. The van der Waals surface area contributed by atoms with Gasteiger partial charge in [0.15, 0.2) is 0 Å². The van der Waals surface area contributed by atoms with Crippen molar-refractivity contribution < 1.29 is 4.79 Å². The summed E-state index contributed by atoms with van der Waals surface area (Å²) in [6, 6.07) is 9.44. The maximum Gasteiger partial charge on any atom is 0.240 e. The van der Waals surface area contributed by atoms with Gasteiger partial charge in [-0.15, -0.1) is 0 Å². The van der Waals surface area contributed by atoms with Crippen molar-refractivity contribution in [3.63, 3.8) is 0 Å². The molecule has 2 atom stereocenters. The van der Waals surface area contributed by atoms with E-state index in [2.05, 4.69) is 18.3 Å². The van der Waals surface area contributed by atoms with Gasteiger partial charge < -0.3 is 10.2 Å². The summed E-state index contributed by atoms with van der Waals surface area (Å²) in [5.74, 6) is 0.521. The Bertz CT molecular complexity index is 506. The van der Waals surface area contributed by atoms with Crippen LogP contribution in [0.15, 0.2) is 24.3 Å². The van der Waals surface area contributed by atoms with Gasteiger partial charge in [-0.25, -0.2) is 0 Å². The number of carbonyl (C=O) groups is 1. The molecular formula is C15H19N3O. The number of nitrogens with zero attached hydrogens (tertiary/aromatic N) is 2. The van der Waals surface area contributed by atoms with E-state index >= 15 is 0 Å². The van der Waals surface area contributed by atoms with E-state index in [0.717, 1.165) is 18.5 Å². The molecule has 1 heterocycles. The zero-order chi connectivity index (χ0) is 13.8. The topological polar surface area (TPSA) is 56.1 Å². The van der Waals surface area contributed by atoms with Gasteiger partial charge in [0, 0.05) is 13.6 Å². The molecule has 2 rings (SSSR count). The molecule has 0 radical (unpaired) electrons. The van der Waals surface area contributed by atoms with Crippen molar-refractivity contribution in [3.05, 3.63) is 35.4 Å². The maximum atomic E-state index is 12.3. The summed E-state index contributed by atoms with van der Waals surface area (Å²) in [5, 5.41) is 12.1. The molecule has 19 heavy (non-hydrogen) atoms. The van der Waals surface area contributed by atoms with Gasteiger partial charge in [-0.05, 0) is 36.6 Å². The van der Waals surface area contributed by atoms with Gasteiger partial charge in [0.1, 0.15) is 0 Å². The van der Waals surface area contributed by atoms with Gasteiger partial charge in [-0.2, -0.15) is 5.26 Å². The van der Waals surface area contributed by atoms with Crippen molar-refractivity contribution >= 4 is 5.91 Å². The molecule has 1 aromatic rings. The predicted octanol–water partition coefficient (Wildman–Crippen LogP) is 1.51. The fraction of sp³-hybridized carbons (Fsp3) is 0.467. The molecule has 2 unspecified atom stereocenters. The van der Waals surface area contributed by atoms with Crippen LogP contribution in [0.2, 0.25) is 0 Å². The first kappa shape index (κ1) is 13.6. The average molecular weight is 257 g/mol. The lowest BCUT2D eigenvalue weighted by Gasteiger charge is -2.23. The number of hydrogen-bond acceptors (Lipinski definition) is 3. The number of nitriles is 1. The van der Waals surface area contributed by atoms with Crippen molar-refractivity contribution in [1.29, 1.82) is 5.26 Å². The van der Waals surface area contributed by atoms with Crippen LogP contribution in [-0.2, 0) is 11.3 Å². The van der Waals surface area contributed by atoms with E-state index in [9.17, 15) is 4.79 Å². The van der Waals surface area contributed by atoms with Crippen LogP contribution in [0.3, 0.4) is 0 Å². The lowest BCUT2D eigenvalue weighted by molar-refractivity contribution is -0.133. The molecule has 100 valence electrons. The molecule has 1 fully saturated rings. The second-order valence-corrected chi connectivity index (χ2v) is 5.20. The lowest BCUT2D eigenvalue weighted by Crippen LogP contribution is -2.43. The first-order valence-electron chi connectivity index (χ1n) is 6.59. The number of amides is 1. The van der Waals surface area contributed by atoms with Crippen LogP contribution in [0, 0.1) is 17.2 Å². The van der Waals surface area contributed by atoms with E-state index in [-0.39, 0.29) is 11.9 Å². The number of rotatable bonds is 3. The van der Waals surface area contributed by atoms with E-state index in [1.807, 2.05) is 25.2 Å². The molecule has 1 aliphatic heterocycles. The monoisotopic (exact) mass is 257 g/mol. The van der Waals surface area contributed by atoms with Crippen LogP contribution in [0.25, 0.3) is 0 Å². The number of nitrogens with one attached hydrogen (secondary N) is 1. The summed E-state index contributed by atoms with van der Waals surface area (Å²) in [4.78, 5) is 14.0. The first-order chi connectivity index (χ1) is 9.11. The smallest absolute Gasteiger partial charge is 0.240 e. The Hall–Kier alpha value is -1.86. The molecule has 1 aromatic carbocycles. The van der Waals surface area contributed by atoms with E-state index in [1.54, 1.807) is 11.0 Å². The van der Waals surface area contributed by atoms with Gasteiger partial charge in [-0.1, -0.05) is 19.1 Å². The third kappa shape index (κ3) is 3.12. The largest absolute Gasteiger partial charge is 0.340 e. The molecule has 1 amide bonds. The first-order valence-corrected chi connectivity index (χ1v) is 6.59. The van der Waals surface area contributed by atoms with Crippen molar-refractivity contribution in [1.82, 2.24) is 10.2 Å². The van der Waals surface area contributed by atoms with Crippen LogP contribution in [-0.4, -0.2) is 30.4 Å². The highest BCUT2D eigenvalue weighted by Gasteiger charge is 2.31. The SMILES string of the molecule is CC1CCNC1C(=O)N(C)Cc1cccc(C#N)c1. The molecule has 1 N–H and O–H groups in total. The molecule has 0 saturated carbocycles. The number of hydrogen-bond donors (Lipinski definition) is 1. The van der Waals surface area contributed by atoms with Gasteiger partial charge >= 0.3 is 0 Å². The third-order valence-corrected chi connectivity index (χ3v) is 3.65. The normalized spacial score (nSPS) is 21.9. The highest BCUT2D eigenvalue weighted by molar-refractivity contribution is 5.82. The fourth-order valence-electron chi connectivity index (χ4n) is 2.49. The second-order valence-electron chi connectivity index (χ2n) is 5.20. The molecule has 4 heteroatoms. The Balaban J connectivity index is 2.02. The molecule has 1 saturated heterocycles. The molecule has 0 aliphatic carbocycles. The molecule has 1 aliphatic rings. The number of carbonyl (C=O) groups excluding carboxylic acids is 1. The third-order valence-electron chi connectivity index (χ3n) is 3.65. The maximum absolute atomic E-state index is 12.3. The quantitative estimate of drug-likeness (QED) is 0.893. The van der Waals surface area contributed by atoms with Crippen LogP contribution >= 0.6 is 0 Å². The van der Waals surface area contributed by atoms with Crippen LogP contribution in [0.1, 0.15) is 24.5 Å².